The van der Waals surface area contributed by atoms with Gasteiger partial charge in [-0.3, -0.25) is 9.78 Å². The topological polar surface area (TPSA) is 81.3 Å². The first-order valence-corrected chi connectivity index (χ1v) is 7.93. The zero-order chi connectivity index (χ0) is 17.2. The minimum atomic E-state index is -0.0889. The van der Waals surface area contributed by atoms with Gasteiger partial charge < -0.3 is 14.2 Å². The second-order valence-corrected chi connectivity index (χ2v) is 5.80. The van der Waals surface area contributed by atoms with E-state index in [1.807, 2.05) is 24.3 Å². The number of pyridine rings is 1. The van der Waals surface area contributed by atoms with Crippen LogP contribution in [0.15, 0.2) is 53.3 Å². The highest BCUT2D eigenvalue weighted by molar-refractivity contribution is 5.96. The molecular formula is C18H16N4O3. The molecule has 1 saturated heterocycles. The number of hydrogen-bond donors (Lipinski definition) is 0. The summed E-state index contributed by atoms with van der Waals surface area (Å²) < 4.78 is 10.5. The van der Waals surface area contributed by atoms with E-state index in [-0.39, 0.29) is 11.8 Å². The second-order valence-electron chi connectivity index (χ2n) is 5.80. The lowest BCUT2D eigenvalue weighted by atomic mass is 10.1. The van der Waals surface area contributed by atoms with E-state index in [2.05, 4.69) is 15.1 Å². The monoisotopic (exact) mass is 336 g/mol. The number of carbonyl (C=O) groups is 1. The van der Waals surface area contributed by atoms with E-state index in [0.717, 1.165) is 17.0 Å². The van der Waals surface area contributed by atoms with Crippen LogP contribution in [0.4, 0.5) is 5.69 Å². The van der Waals surface area contributed by atoms with Crippen LogP contribution >= 0.6 is 0 Å². The van der Waals surface area contributed by atoms with Crippen molar-refractivity contribution in [3.63, 3.8) is 0 Å². The van der Waals surface area contributed by atoms with Gasteiger partial charge in [0.2, 0.25) is 5.91 Å². The van der Waals surface area contributed by atoms with Crippen LogP contribution < -0.4 is 9.64 Å². The largest absolute Gasteiger partial charge is 0.497 e. The number of methoxy groups -OCH3 is 1. The Labute approximate surface area is 144 Å². The molecule has 3 aromatic rings. The highest BCUT2D eigenvalue weighted by Gasteiger charge is 2.34. The smallest absolute Gasteiger partial charge is 0.258 e. The van der Waals surface area contributed by atoms with Crippen LogP contribution in [0.25, 0.3) is 11.5 Å². The molecule has 25 heavy (non-hydrogen) atoms. The summed E-state index contributed by atoms with van der Waals surface area (Å²) in [5.74, 6) is 1.70. The van der Waals surface area contributed by atoms with E-state index < -0.39 is 0 Å². The Balaban J connectivity index is 1.53. The van der Waals surface area contributed by atoms with Crippen molar-refractivity contribution in [1.82, 2.24) is 15.1 Å². The van der Waals surface area contributed by atoms with Crippen LogP contribution in [-0.4, -0.2) is 34.7 Å². The fraction of sp³-hybridized carbons (Fsp3) is 0.222. The van der Waals surface area contributed by atoms with Crippen LogP contribution in [0.1, 0.15) is 18.2 Å². The van der Waals surface area contributed by atoms with Crippen LogP contribution in [-0.2, 0) is 4.79 Å². The molecule has 126 valence electrons. The summed E-state index contributed by atoms with van der Waals surface area (Å²) in [5, 5.41) is 4.06. The number of nitrogens with zero attached hydrogens (tertiary/aromatic N) is 4. The molecular weight excluding hydrogens is 320 g/mol. The summed E-state index contributed by atoms with van der Waals surface area (Å²) in [4.78, 5) is 22.6. The number of carbonyl (C=O) groups excluding carboxylic acids is 1. The van der Waals surface area contributed by atoms with Gasteiger partial charge in [0.1, 0.15) is 5.75 Å². The Morgan fingerprint density at radius 1 is 1.16 bits per heavy atom. The summed E-state index contributed by atoms with van der Waals surface area (Å²) in [6, 6.07) is 11.0. The molecule has 1 unspecified atom stereocenters. The number of amides is 1. The van der Waals surface area contributed by atoms with Crippen LogP contribution in [0, 0.1) is 0 Å². The molecule has 4 rings (SSSR count). The van der Waals surface area contributed by atoms with Gasteiger partial charge in [0, 0.05) is 42.5 Å². The minimum Gasteiger partial charge on any atom is -0.497 e. The maximum absolute atomic E-state index is 12.4. The Morgan fingerprint density at radius 2 is 1.92 bits per heavy atom. The summed E-state index contributed by atoms with van der Waals surface area (Å²) in [7, 11) is 1.61. The lowest BCUT2D eigenvalue weighted by Crippen LogP contribution is -2.24. The van der Waals surface area contributed by atoms with Crippen molar-refractivity contribution in [3.05, 3.63) is 54.6 Å². The average molecular weight is 336 g/mol. The quantitative estimate of drug-likeness (QED) is 0.728. The molecule has 1 amide bonds. The Hall–Kier alpha value is -3.22. The SMILES string of the molecule is COc1ccc(N2CC(c3noc(-c4ccncc4)n3)CC2=O)cc1. The molecule has 1 atom stereocenters. The molecule has 7 heteroatoms. The van der Waals surface area contributed by atoms with E-state index in [1.165, 1.54) is 0 Å². The predicted molar refractivity (Wildman–Crippen MR) is 90.2 cm³/mol. The molecule has 0 saturated carbocycles. The van der Waals surface area contributed by atoms with Crippen molar-refractivity contribution >= 4 is 11.6 Å². The fourth-order valence-electron chi connectivity index (χ4n) is 2.90. The van der Waals surface area contributed by atoms with Crippen molar-refractivity contribution in [1.29, 1.82) is 0 Å². The molecule has 7 nitrogen and oxygen atoms in total. The number of aromatic nitrogens is 3. The van der Waals surface area contributed by atoms with Crippen molar-refractivity contribution in [2.75, 3.05) is 18.6 Å². The molecule has 0 N–H and O–H groups in total. The zero-order valence-electron chi connectivity index (χ0n) is 13.6. The Kier molecular flexibility index (Phi) is 3.89. The molecule has 0 aliphatic carbocycles. The van der Waals surface area contributed by atoms with E-state index in [1.54, 1.807) is 36.5 Å². The van der Waals surface area contributed by atoms with Crippen molar-refractivity contribution < 1.29 is 14.1 Å². The molecule has 3 heterocycles. The van der Waals surface area contributed by atoms with E-state index >= 15 is 0 Å². The third-order valence-corrected chi connectivity index (χ3v) is 4.24. The number of benzene rings is 1. The van der Waals surface area contributed by atoms with Gasteiger partial charge in [-0.1, -0.05) is 5.16 Å². The van der Waals surface area contributed by atoms with E-state index in [0.29, 0.717) is 24.7 Å². The number of hydrogen-bond acceptors (Lipinski definition) is 6. The van der Waals surface area contributed by atoms with Gasteiger partial charge >= 0.3 is 0 Å². The van der Waals surface area contributed by atoms with Gasteiger partial charge in [-0.25, -0.2) is 0 Å². The zero-order valence-corrected chi connectivity index (χ0v) is 13.6. The first kappa shape index (κ1) is 15.3. The fourth-order valence-corrected chi connectivity index (χ4v) is 2.90. The lowest BCUT2D eigenvalue weighted by molar-refractivity contribution is -0.117. The normalized spacial score (nSPS) is 17.1. The highest BCUT2D eigenvalue weighted by atomic mass is 16.5. The molecule has 1 aromatic carbocycles. The summed E-state index contributed by atoms with van der Waals surface area (Å²) in [5.41, 5.74) is 1.65. The van der Waals surface area contributed by atoms with Gasteiger partial charge in [-0.15, -0.1) is 0 Å². The van der Waals surface area contributed by atoms with Crippen LogP contribution in [0.3, 0.4) is 0 Å². The predicted octanol–water partition coefficient (Wildman–Crippen LogP) is 2.66. The number of anilines is 1. The Bertz CT molecular complexity index is 877. The molecule has 0 spiro atoms. The van der Waals surface area contributed by atoms with Gasteiger partial charge in [0.15, 0.2) is 5.82 Å². The number of rotatable bonds is 4. The third-order valence-electron chi connectivity index (χ3n) is 4.24. The maximum Gasteiger partial charge on any atom is 0.258 e. The Morgan fingerprint density at radius 3 is 2.64 bits per heavy atom. The maximum atomic E-state index is 12.4. The van der Waals surface area contributed by atoms with Gasteiger partial charge in [0.05, 0.1) is 7.11 Å². The molecule has 1 aliphatic rings. The lowest BCUT2D eigenvalue weighted by Gasteiger charge is -2.16. The molecule has 0 radical (unpaired) electrons. The third kappa shape index (κ3) is 2.96. The van der Waals surface area contributed by atoms with Crippen LogP contribution in [0.5, 0.6) is 5.75 Å². The molecule has 0 bridgehead atoms. The molecule has 1 fully saturated rings. The van der Waals surface area contributed by atoms with E-state index in [4.69, 9.17) is 9.26 Å². The molecule has 1 aliphatic heterocycles. The first-order chi connectivity index (χ1) is 12.2. The molecule has 2 aromatic heterocycles. The minimum absolute atomic E-state index is 0.0467. The number of ether oxygens (including phenoxy) is 1. The van der Waals surface area contributed by atoms with Crippen molar-refractivity contribution in [2.45, 2.75) is 12.3 Å². The van der Waals surface area contributed by atoms with Gasteiger partial charge in [-0.2, -0.15) is 4.98 Å². The summed E-state index contributed by atoms with van der Waals surface area (Å²) in [6.45, 7) is 0.528. The summed E-state index contributed by atoms with van der Waals surface area (Å²) in [6.07, 6.45) is 3.70. The highest BCUT2D eigenvalue weighted by Crippen LogP contribution is 2.32. The summed E-state index contributed by atoms with van der Waals surface area (Å²) >= 11 is 0. The van der Waals surface area contributed by atoms with Crippen molar-refractivity contribution in [3.8, 4) is 17.2 Å². The van der Waals surface area contributed by atoms with E-state index in [9.17, 15) is 4.79 Å². The first-order valence-electron chi connectivity index (χ1n) is 7.93. The van der Waals surface area contributed by atoms with Gasteiger partial charge in [-0.05, 0) is 36.4 Å². The van der Waals surface area contributed by atoms with Gasteiger partial charge in [0.25, 0.3) is 5.89 Å². The standard InChI is InChI=1S/C18H16N4O3/c1-24-15-4-2-14(3-5-15)22-11-13(10-16(22)23)17-20-18(25-21-17)12-6-8-19-9-7-12/h2-9,13H,10-11H2,1H3. The average Bonchev–Trinajstić information content (AvgIpc) is 3.29. The second kappa shape index (κ2) is 6.35. The van der Waals surface area contributed by atoms with Crippen LogP contribution in [0.2, 0.25) is 0 Å². The van der Waals surface area contributed by atoms with Crippen molar-refractivity contribution in [2.24, 2.45) is 0 Å².